The van der Waals surface area contributed by atoms with Gasteiger partial charge in [-0.25, -0.2) is 4.68 Å². The summed E-state index contributed by atoms with van der Waals surface area (Å²) in [6, 6.07) is 3.82. The average molecular weight is 410 g/mol. The Kier molecular flexibility index (Phi) is 5.11. The molecule has 1 saturated heterocycles. The zero-order valence-electron chi connectivity index (χ0n) is 18.8. The van der Waals surface area contributed by atoms with Gasteiger partial charge in [-0.15, -0.1) is 15.3 Å². The SMILES string of the molecule is Cc1nn(-c2ccc3nnc(C(C)C)n3n2)c(C)c1CCC(=O)N1CCC(C)(C)C1. The fourth-order valence-electron chi connectivity index (χ4n) is 4.24. The Morgan fingerprint density at radius 3 is 2.60 bits per heavy atom. The van der Waals surface area contributed by atoms with Gasteiger partial charge in [0.25, 0.3) is 0 Å². The predicted octanol–water partition coefficient (Wildman–Crippen LogP) is 3.24. The molecular weight excluding hydrogens is 378 g/mol. The zero-order chi connectivity index (χ0) is 21.6. The number of carbonyl (C=O) groups is 1. The molecular formula is C22H31N7O. The van der Waals surface area contributed by atoms with Gasteiger partial charge in [0.1, 0.15) is 0 Å². The van der Waals surface area contributed by atoms with E-state index in [0.29, 0.717) is 12.8 Å². The molecule has 0 saturated carbocycles. The second-order valence-corrected chi connectivity index (χ2v) is 9.47. The van der Waals surface area contributed by atoms with Crippen molar-refractivity contribution >= 4 is 11.6 Å². The first-order chi connectivity index (χ1) is 14.2. The van der Waals surface area contributed by atoms with E-state index in [1.807, 2.05) is 35.6 Å². The number of aryl methyl sites for hydroxylation is 1. The third-order valence-corrected chi connectivity index (χ3v) is 6.07. The van der Waals surface area contributed by atoms with Crippen molar-refractivity contribution in [3.63, 3.8) is 0 Å². The summed E-state index contributed by atoms with van der Waals surface area (Å²) in [7, 11) is 0. The monoisotopic (exact) mass is 409 g/mol. The Balaban J connectivity index is 1.56. The van der Waals surface area contributed by atoms with Gasteiger partial charge in [0.05, 0.1) is 5.69 Å². The lowest BCUT2D eigenvalue weighted by atomic mass is 9.93. The second-order valence-electron chi connectivity index (χ2n) is 9.47. The summed E-state index contributed by atoms with van der Waals surface area (Å²) in [5.74, 6) is 2.01. The van der Waals surface area contributed by atoms with Crippen LogP contribution in [-0.4, -0.2) is 53.5 Å². The number of rotatable bonds is 5. The van der Waals surface area contributed by atoms with Crippen LogP contribution in [0.25, 0.3) is 11.5 Å². The van der Waals surface area contributed by atoms with E-state index in [1.54, 1.807) is 4.52 Å². The van der Waals surface area contributed by atoms with Gasteiger partial charge in [-0.3, -0.25) is 4.79 Å². The third-order valence-electron chi connectivity index (χ3n) is 6.07. The second kappa shape index (κ2) is 7.49. The summed E-state index contributed by atoms with van der Waals surface area (Å²) >= 11 is 0. The molecule has 4 heterocycles. The van der Waals surface area contributed by atoms with Gasteiger partial charge in [-0.1, -0.05) is 27.7 Å². The van der Waals surface area contributed by atoms with Gasteiger partial charge in [0, 0.05) is 31.1 Å². The molecule has 0 radical (unpaired) electrons. The number of nitrogens with zero attached hydrogens (tertiary/aromatic N) is 7. The smallest absolute Gasteiger partial charge is 0.222 e. The maximum atomic E-state index is 12.7. The molecule has 8 heteroatoms. The van der Waals surface area contributed by atoms with Gasteiger partial charge in [0.2, 0.25) is 5.91 Å². The zero-order valence-corrected chi connectivity index (χ0v) is 18.8. The summed E-state index contributed by atoms with van der Waals surface area (Å²) in [4.78, 5) is 14.7. The lowest BCUT2D eigenvalue weighted by Gasteiger charge is -2.19. The number of hydrogen-bond acceptors (Lipinski definition) is 5. The highest BCUT2D eigenvalue weighted by Gasteiger charge is 2.31. The molecule has 1 aliphatic rings. The summed E-state index contributed by atoms with van der Waals surface area (Å²) in [5.41, 5.74) is 4.04. The van der Waals surface area contributed by atoms with Crippen LogP contribution in [0.2, 0.25) is 0 Å². The van der Waals surface area contributed by atoms with Crippen LogP contribution in [0.5, 0.6) is 0 Å². The highest BCUT2D eigenvalue weighted by molar-refractivity contribution is 5.77. The lowest BCUT2D eigenvalue weighted by molar-refractivity contribution is -0.130. The van der Waals surface area contributed by atoms with E-state index in [4.69, 9.17) is 10.2 Å². The van der Waals surface area contributed by atoms with E-state index in [9.17, 15) is 4.79 Å². The molecule has 0 spiro atoms. The van der Waals surface area contributed by atoms with Crippen molar-refractivity contribution in [3.8, 4) is 5.82 Å². The van der Waals surface area contributed by atoms with Gasteiger partial charge in [0.15, 0.2) is 17.3 Å². The molecule has 0 N–H and O–H groups in total. The minimum atomic E-state index is 0.223. The van der Waals surface area contributed by atoms with Crippen LogP contribution in [0.3, 0.4) is 0 Å². The fraction of sp³-hybridized carbons (Fsp3) is 0.591. The van der Waals surface area contributed by atoms with Crippen LogP contribution in [-0.2, 0) is 11.2 Å². The van der Waals surface area contributed by atoms with E-state index < -0.39 is 0 Å². The van der Waals surface area contributed by atoms with Crippen LogP contribution in [0, 0.1) is 19.3 Å². The topological polar surface area (TPSA) is 81.2 Å². The van der Waals surface area contributed by atoms with Gasteiger partial charge >= 0.3 is 0 Å². The summed E-state index contributed by atoms with van der Waals surface area (Å²) in [5, 5.41) is 17.9. The van der Waals surface area contributed by atoms with Crippen molar-refractivity contribution in [2.24, 2.45) is 5.41 Å². The Hall–Kier alpha value is -2.77. The number of hydrogen-bond donors (Lipinski definition) is 0. The molecule has 1 aliphatic heterocycles. The maximum absolute atomic E-state index is 12.7. The van der Waals surface area contributed by atoms with Crippen molar-refractivity contribution in [3.05, 3.63) is 34.9 Å². The van der Waals surface area contributed by atoms with Crippen molar-refractivity contribution in [1.29, 1.82) is 0 Å². The van der Waals surface area contributed by atoms with E-state index in [2.05, 4.69) is 37.9 Å². The van der Waals surface area contributed by atoms with Crippen molar-refractivity contribution in [2.45, 2.75) is 66.7 Å². The number of aromatic nitrogens is 6. The molecule has 0 unspecified atom stereocenters. The minimum absolute atomic E-state index is 0.223. The summed E-state index contributed by atoms with van der Waals surface area (Å²) in [6.45, 7) is 14.4. The summed E-state index contributed by atoms with van der Waals surface area (Å²) < 4.78 is 3.65. The van der Waals surface area contributed by atoms with Crippen LogP contribution in [0.15, 0.2) is 12.1 Å². The van der Waals surface area contributed by atoms with Crippen LogP contribution in [0.4, 0.5) is 0 Å². The van der Waals surface area contributed by atoms with E-state index in [1.165, 1.54) is 0 Å². The fourth-order valence-corrected chi connectivity index (χ4v) is 4.24. The van der Waals surface area contributed by atoms with Crippen molar-refractivity contribution < 1.29 is 4.79 Å². The first kappa shape index (κ1) is 20.5. The van der Waals surface area contributed by atoms with Crippen LogP contribution < -0.4 is 0 Å². The standard InChI is InChI=1S/C22H31N7O/c1-14(2)21-24-23-18-8-9-19(26-29(18)21)28-16(4)17(15(3)25-28)7-10-20(30)27-12-11-22(5,6)13-27/h8-9,14H,7,10-13H2,1-6H3. The van der Waals surface area contributed by atoms with Gasteiger partial charge in [-0.05, 0) is 49.8 Å². The third kappa shape index (κ3) is 3.70. The van der Waals surface area contributed by atoms with E-state index in [-0.39, 0.29) is 17.2 Å². The summed E-state index contributed by atoms with van der Waals surface area (Å²) in [6.07, 6.45) is 2.28. The number of amides is 1. The van der Waals surface area contributed by atoms with E-state index in [0.717, 1.165) is 53.8 Å². The van der Waals surface area contributed by atoms with E-state index >= 15 is 0 Å². The molecule has 0 atom stereocenters. The quantitative estimate of drug-likeness (QED) is 0.646. The average Bonchev–Trinajstić information content (AvgIpc) is 3.35. The van der Waals surface area contributed by atoms with Gasteiger partial charge in [-0.2, -0.15) is 9.61 Å². The molecule has 4 rings (SSSR count). The molecule has 1 amide bonds. The largest absolute Gasteiger partial charge is 0.342 e. The first-order valence-corrected chi connectivity index (χ1v) is 10.7. The number of carbonyl (C=O) groups excluding carboxylic acids is 1. The lowest BCUT2D eigenvalue weighted by Crippen LogP contribution is -2.30. The molecule has 30 heavy (non-hydrogen) atoms. The highest BCUT2D eigenvalue weighted by Crippen LogP contribution is 2.29. The molecule has 3 aromatic heterocycles. The highest BCUT2D eigenvalue weighted by atomic mass is 16.2. The maximum Gasteiger partial charge on any atom is 0.222 e. The number of fused-ring (bicyclic) bond motifs is 1. The van der Waals surface area contributed by atoms with Crippen LogP contribution >= 0.6 is 0 Å². The Morgan fingerprint density at radius 2 is 1.93 bits per heavy atom. The number of likely N-dealkylation sites (tertiary alicyclic amines) is 1. The molecule has 8 nitrogen and oxygen atoms in total. The van der Waals surface area contributed by atoms with Crippen molar-refractivity contribution in [2.75, 3.05) is 13.1 Å². The minimum Gasteiger partial charge on any atom is -0.342 e. The molecule has 1 fully saturated rings. The predicted molar refractivity (Wildman–Crippen MR) is 115 cm³/mol. The normalized spacial score (nSPS) is 16.2. The molecule has 0 aromatic carbocycles. The Bertz CT molecular complexity index is 1090. The molecule has 160 valence electrons. The molecule has 0 aliphatic carbocycles. The Morgan fingerprint density at radius 1 is 1.17 bits per heavy atom. The Labute approximate surface area is 177 Å². The molecule has 3 aromatic rings. The van der Waals surface area contributed by atoms with Crippen LogP contribution in [0.1, 0.15) is 69.2 Å². The van der Waals surface area contributed by atoms with Crippen molar-refractivity contribution in [1.82, 2.24) is 34.5 Å². The van der Waals surface area contributed by atoms with Gasteiger partial charge < -0.3 is 4.90 Å². The first-order valence-electron chi connectivity index (χ1n) is 10.7. The molecule has 0 bridgehead atoms.